The molecule has 1 atom stereocenters. The van der Waals surface area contributed by atoms with E-state index in [4.69, 9.17) is 5.11 Å². The largest absolute Gasteiger partial charge is 0.453 e. The molecule has 2 N–H and O–H groups in total. The van der Waals surface area contributed by atoms with Crippen LogP contribution in [0.4, 0.5) is 17.6 Å². The maximum absolute atomic E-state index is 13.7. The van der Waals surface area contributed by atoms with Crippen LogP contribution in [0.5, 0.6) is 0 Å². The molecule has 2 heterocycles. The standard InChI is InChI=1S/C23H24F4N4O/c24-22(32,23(25,26)27)20-7-5-19(6-8-20)18-3-1-17(2-4-18)14-30-9-11-31(12-10-30)15-21-13-28-16-29-21/h1-8,13,16,32H,9-12,14-15H2,(H,28,29). The summed E-state index contributed by atoms with van der Waals surface area (Å²) in [6.07, 6.45) is -1.79. The number of alkyl halides is 4. The lowest BCUT2D eigenvalue weighted by Gasteiger charge is -2.34. The third-order valence-electron chi connectivity index (χ3n) is 5.74. The molecule has 1 aliphatic heterocycles. The van der Waals surface area contributed by atoms with Gasteiger partial charge in [-0.25, -0.2) is 4.98 Å². The molecule has 0 saturated carbocycles. The highest BCUT2D eigenvalue weighted by Crippen LogP contribution is 2.40. The number of hydrogen-bond donors (Lipinski definition) is 2. The number of nitrogens with zero attached hydrogens (tertiary/aromatic N) is 3. The van der Waals surface area contributed by atoms with Crippen LogP contribution in [-0.4, -0.2) is 57.2 Å². The fraction of sp³-hybridized carbons (Fsp3) is 0.348. The number of aromatic nitrogens is 2. The molecule has 5 nitrogen and oxygen atoms in total. The molecule has 1 unspecified atom stereocenters. The van der Waals surface area contributed by atoms with E-state index in [1.54, 1.807) is 6.33 Å². The Labute approximate surface area is 183 Å². The predicted octanol–water partition coefficient (Wildman–Crippen LogP) is 4.07. The highest BCUT2D eigenvalue weighted by molar-refractivity contribution is 5.64. The van der Waals surface area contributed by atoms with E-state index in [1.807, 2.05) is 30.5 Å². The summed E-state index contributed by atoms with van der Waals surface area (Å²) < 4.78 is 51.6. The van der Waals surface area contributed by atoms with Gasteiger partial charge in [-0.2, -0.15) is 17.6 Å². The van der Waals surface area contributed by atoms with Crippen molar-refractivity contribution in [2.75, 3.05) is 26.2 Å². The Morgan fingerprint density at radius 2 is 1.34 bits per heavy atom. The molecule has 3 aromatic rings. The lowest BCUT2D eigenvalue weighted by Crippen LogP contribution is -2.45. The molecule has 1 saturated heterocycles. The number of H-pyrrole nitrogens is 1. The first kappa shape index (κ1) is 22.4. The van der Waals surface area contributed by atoms with Crippen LogP contribution in [0.2, 0.25) is 0 Å². The maximum atomic E-state index is 13.7. The zero-order valence-corrected chi connectivity index (χ0v) is 17.3. The van der Waals surface area contributed by atoms with Crippen LogP contribution in [0, 0.1) is 0 Å². The van der Waals surface area contributed by atoms with Gasteiger partial charge in [-0.1, -0.05) is 48.5 Å². The summed E-state index contributed by atoms with van der Waals surface area (Å²) in [5.74, 6) is -4.36. The molecule has 9 heteroatoms. The van der Waals surface area contributed by atoms with Crippen LogP contribution in [0.3, 0.4) is 0 Å². The molecule has 1 aliphatic rings. The summed E-state index contributed by atoms with van der Waals surface area (Å²) >= 11 is 0. The van der Waals surface area contributed by atoms with Crippen LogP contribution in [0.1, 0.15) is 16.8 Å². The van der Waals surface area contributed by atoms with Gasteiger partial charge in [-0.3, -0.25) is 9.80 Å². The second kappa shape index (κ2) is 9.01. The Bertz CT molecular complexity index is 994. The van der Waals surface area contributed by atoms with Crippen LogP contribution in [-0.2, 0) is 18.9 Å². The molecule has 2 aromatic carbocycles. The van der Waals surface area contributed by atoms with Gasteiger partial charge in [0.05, 0.1) is 12.0 Å². The Morgan fingerprint density at radius 3 is 1.84 bits per heavy atom. The van der Waals surface area contributed by atoms with E-state index in [0.29, 0.717) is 5.56 Å². The number of rotatable bonds is 6. The lowest BCUT2D eigenvalue weighted by molar-refractivity contribution is -0.323. The molecule has 0 radical (unpaired) electrons. The van der Waals surface area contributed by atoms with E-state index in [9.17, 15) is 17.6 Å². The van der Waals surface area contributed by atoms with Crippen LogP contribution < -0.4 is 0 Å². The minimum absolute atomic E-state index is 0.644. The Morgan fingerprint density at radius 1 is 0.812 bits per heavy atom. The average Bonchev–Trinajstić information content (AvgIpc) is 3.28. The summed E-state index contributed by atoms with van der Waals surface area (Å²) in [7, 11) is 0. The van der Waals surface area contributed by atoms with Gasteiger partial charge in [0, 0.05) is 51.0 Å². The Hall–Kier alpha value is -2.75. The first-order valence-electron chi connectivity index (χ1n) is 10.3. The number of benzene rings is 2. The van der Waals surface area contributed by atoms with Crippen molar-refractivity contribution in [3.05, 3.63) is 77.9 Å². The molecule has 0 bridgehead atoms. The van der Waals surface area contributed by atoms with Gasteiger partial charge < -0.3 is 10.1 Å². The Kier molecular flexibility index (Phi) is 6.32. The number of imidazole rings is 1. The Balaban J connectivity index is 1.33. The van der Waals surface area contributed by atoms with Crippen molar-refractivity contribution in [1.29, 1.82) is 0 Å². The van der Waals surface area contributed by atoms with Gasteiger partial charge >= 0.3 is 12.0 Å². The van der Waals surface area contributed by atoms with Crippen LogP contribution >= 0.6 is 0 Å². The molecule has 0 aliphatic carbocycles. The van der Waals surface area contributed by atoms with Gasteiger partial charge in [0.25, 0.3) is 0 Å². The van der Waals surface area contributed by atoms with Crippen molar-refractivity contribution in [3.63, 3.8) is 0 Å². The fourth-order valence-corrected chi connectivity index (χ4v) is 3.82. The first-order valence-corrected chi connectivity index (χ1v) is 10.3. The number of halogens is 4. The number of nitrogens with one attached hydrogen (secondary N) is 1. The minimum Gasteiger partial charge on any atom is -0.351 e. The molecular formula is C23H24F4N4O. The van der Waals surface area contributed by atoms with E-state index in [1.165, 1.54) is 12.1 Å². The summed E-state index contributed by atoms with van der Waals surface area (Å²) in [6, 6.07) is 12.4. The van der Waals surface area contributed by atoms with Gasteiger partial charge in [0.2, 0.25) is 0 Å². The molecule has 4 rings (SSSR count). The highest BCUT2D eigenvalue weighted by atomic mass is 19.4. The fourth-order valence-electron chi connectivity index (χ4n) is 3.82. The van der Waals surface area contributed by atoms with Gasteiger partial charge in [-0.15, -0.1) is 0 Å². The van der Waals surface area contributed by atoms with Crippen molar-refractivity contribution in [1.82, 2.24) is 19.8 Å². The second-order valence-electron chi connectivity index (χ2n) is 8.01. The quantitative estimate of drug-likeness (QED) is 0.559. The van der Waals surface area contributed by atoms with E-state index in [2.05, 4.69) is 19.8 Å². The summed E-state index contributed by atoms with van der Waals surface area (Å²) in [5, 5.41) is 9.15. The van der Waals surface area contributed by atoms with Gasteiger partial charge in [-0.05, 0) is 16.7 Å². The topological polar surface area (TPSA) is 55.4 Å². The molecule has 170 valence electrons. The predicted molar refractivity (Wildman–Crippen MR) is 112 cm³/mol. The molecule has 32 heavy (non-hydrogen) atoms. The normalized spacial score (nSPS) is 17.9. The molecule has 0 spiro atoms. The van der Waals surface area contributed by atoms with E-state index < -0.39 is 17.6 Å². The van der Waals surface area contributed by atoms with Crippen molar-refractivity contribution < 1.29 is 22.7 Å². The van der Waals surface area contributed by atoms with Crippen molar-refractivity contribution >= 4 is 0 Å². The summed E-state index contributed by atoms with van der Waals surface area (Å²) in [5.41, 5.74) is 2.79. The lowest BCUT2D eigenvalue weighted by atomic mass is 9.99. The zero-order valence-electron chi connectivity index (χ0n) is 17.3. The number of aliphatic hydroxyl groups is 1. The maximum Gasteiger partial charge on any atom is 0.453 e. The number of aromatic amines is 1. The SMILES string of the molecule is OC(F)(c1ccc(-c2ccc(CN3CCN(Cc4c[nH]cn4)CC3)cc2)cc1)C(F)(F)F. The van der Waals surface area contributed by atoms with Crippen LogP contribution in [0.25, 0.3) is 11.1 Å². The molecule has 1 fully saturated rings. The molecular weight excluding hydrogens is 424 g/mol. The zero-order chi connectivity index (χ0) is 22.8. The van der Waals surface area contributed by atoms with Gasteiger partial charge in [0.15, 0.2) is 0 Å². The van der Waals surface area contributed by atoms with Crippen molar-refractivity contribution in [2.45, 2.75) is 25.1 Å². The third kappa shape index (κ3) is 5.01. The number of hydrogen-bond acceptors (Lipinski definition) is 4. The van der Waals surface area contributed by atoms with Crippen molar-refractivity contribution in [2.24, 2.45) is 0 Å². The minimum atomic E-state index is -5.39. The van der Waals surface area contributed by atoms with E-state index in [0.717, 1.165) is 68.2 Å². The second-order valence-corrected chi connectivity index (χ2v) is 8.01. The highest BCUT2D eigenvalue weighted by Gasteiger charge is 2.56. The van der Waals surface area contributed by atoms with Crippen LogP contribution in [0.15, 0.2) is 61.1 Å². The molecule has 0 amide bonds. The smallest absolute Gasteiger partial charge is 0.351 e. The van der Waals surface area contributed by atoms with E-state index in [-0.39, 0.29) is 0 Å². The van der Waals surface area contributed by atoms with Crippen molar-refractivity contribution in [3.8, 4) is 11.1 Å². The van der Waals surface area contributed by atoms with Gasteiger partial charge in [0.1, 0.15) is 0 Å². The monoisotopic (exact) mass is 448 g/mol. The first-order chi connectivity index (χ1) is 15.2. The van der Waals surface area contributed by atoms with E-state index >= 15 is 0 Å². The summed E-state index contributed by atoms with van der Waals surface area (Å²) in [6.45, 7) is 5.51. The number of piperazine rings is 1. The third-order valence-corrected chi connectivity index (χ3v) is 5.74. The average molecular weight is 448 g/mol. The molecule has 1 aromatic heterocycles. The summed E-state index contributed by atoms with van der Waals surface area (Å²) in [4.78, 5) is 12.0.